The molecule has 0 fully saturated rings. The number of para-hydroxylation sites is 2. The Morgan fingerprint density at radius 2 is 1.83 bits per heavy atom. The molecule has 2 heterocycles. The van der Waals surface area contributed by atoms with Crippen molar-refractivity contribution in [1.29, 1.82) is 0 Å². The van der Waals surface area contributed by atoms with Gasteiger partial charge in [-0.1, -0.05) is 54.2 Å². The first kappa shape index (κ1) is 20.1. The fourth-order valence-electron chi connectivity index (χ4n) is 2.88. The average Bonchev–Trinajstić information content (AvgIpc) is 3.39. The number of nitrogens with zero attached hydrogens (tertiary/aromatic N) is 3. The van der Waals surface area contributed by atoms with E-state index in [4.69, 9.17) is 0 Å². The van der Waals surface area contributed by atoms with Gasteiger partial charge in [0.2, 0.25) is 11.8 Å². The van der Waals surface area contributed by atoms with Gasteiger partial charge in [0.15, 0.2) is 10.3 Å². The van der Waals surface area contributed by atoms with Crippen LogP contribution in [0.5, 0.6) is 0 Å². The van der Waals surface area contributed by atoms with Crippen LogP contribution >= 0.6 is 23.1 Å². The second kappa shape index (κ2) is 9.55. The van der Waals surface area contributed by atoms with E-state index in [2.05, 4.69) is 20.6 Å². The number of carbonyl (C=O) groups is 2. The van der Waals surface area contributed by atoms with Gasteiger partial charge in [-0.25, -0.2) is 9.97 Å². The van der Waals surface area contributed by atoms with Gasteiger partial charge < -0.3 is 15.2 Å². The second-order valence-electron chi connectivity index (χ2n) is 6.41. The Hall–Kier alpha value is -3.17. The number of thioether (sulfide) groups is 1. The summed E-state index contributed by atoms with van der Waals surface area (Å²) in [6, 6.07) is 17.4. The summed E-state index contributed by atoms with van der Waals surface area (Å²) in [6.07, 6.45) is 1.64. The van der Waals surface area contributed by atoms with Crippen molar-refractivity contribution < 1.29 is 9.59 Å². The highest BCUT2D eigenvalue weighted by atomic mass is 32.2. The molecule has 0 spiro atoms. The number of amides is 2. The van der Waals surface area contributed by atoms with Crippen LogP contribution in [0, 0.1) is 0 Å². The average molecular weight is 438 g/mol. The monoisotopic (exact) mass is 437 g/mol. The van der Waals surface area contributed by atoms with Gasteiger partial charge in [-0.05, 0) is 17.7 Å². The minimum Gasteiger partial charge on any atom is -0.350 e. The van der Waals surface area contributed by atoms with Crippen molar-refractivity contribution in [2.45, 2.75) is 18.2 Å². The number of nitrogens with one attached hydrogen (secondary N) is 2. The summed E-state index contributed by atoms with van der Waals surface area (Å²) in [4.78, 5) is 33.4. The van der Waals surface area contributed by atoms with Gasteiger partial charge in [0, 0.05) is 18.1 Å². The van der Waals surface area contributed by atoms with Crippen molar-refractivity contribution >= 4 is 51.1 Å². The van der Waals surface area contributed by atoms with Crippen molar-refractivity contribution in [2.75, 3.05) is 11.1 Å². The van der Waals surface area contributed by atoms with Gasteiger partial charge in [0.1, 0.15) is 6.54 Å². The molecular weight excluding hydrogens is 418 g/mol. The van der Waals surface area contributed by atoms with Crippen molar-refractivity contribution in [3.8, 4) is 0 Å². The molecule has 30 heavy (non-hydrogen) atoms. The molecule has 2 aromatic carbocycles. The summed E-state index contributed by atoms with van der Waals surface area (Å²) in [6.45, 7) is 0.592. The van der Waals surface area contributed by atoms with Crippen LogP contribution in [0.1, 0.15) is 5.56 Å². The van der Waals surface area contributed by atoms with E-state index in [0.717, 1.165) is 16.6 Å². The minimum absolute atomic E-state index is 0.115. The number of anilines is 1. The molecule has 4 rings (SSSR count). The number of benzene rings is 2. The van der Waals surface area contributed by atoms with Crippen molar-refractivity contribution in [2.24, 2.45) is 0 Å². The van der Waals surface area contributed by atoms with Crippen LogP contribution in [0.2, 0.25) is 0 Å². The number of thiazole rings is 1. The van der Waals surface area contributed by atoms with Crippen LogP contribution < -0.4 is 10.6 Å². The Morgan fingerprint density at radius 3 is 2.63 bits per heavy atom. The molecule has 4 aromatic rings. The van der Waals surface area contributed by atoms with E-state index in [0.29, 0.717) is 16.8 Å². The fourth-order valence-corrected chi connectivity index (χ4v) is 4.24. The quantitative estimate of drug-likeness (QED) is 0.412. The van der Waals surface area contributed by atoms with E-state index in [1.165, 1.54) is 23.1 Å². The summed E-state index contributed by atoms with van der Waals surface area (Å²) in [5.74, 6) is -0.104. The minimum atomic E-state index is -0.165. The van der Waals surface area contributed by atoms with Gasteiger partial charge in [0.05, 0.1) is 16.8 Å². The maximum Gasteiger partial charge on any atom is 0.240 e. The van der Waals surface area contributed by atoms with E-state index in [1.807, 2.05) is 59.2 Å². The van der Waals surface area contributed by atoms with Crippen LogP contribution in [-0.2, 0) is 22.7 Å². The summed E-state index contributed by atoms with van der Waals surface area (Å²) in [5, 5.41) is 8.69. The van der Waals surface area contributed by atoms with Crippen LogP contribution in [0.15, 0.2) is 71.3 Å². The number of hydrogen-bond donors (Lipinski definition) is 2. The topological polar surface area (TPSA) is 88.9 Å². The van der Waals surface area contributed by atoms with Crippen LogP contribution in [0.4, 0.5) is 5.13 Å². The van der Waals surface area contributed by atoms with E-state index in [1.54, 1.807) is 11.6 Å². The predicted molar refractivity (Wildman–Crippen MR) is 119 cm³/mol. The number of hydrogen-bond acceptors (Lipinski definition) is 6. The molecule has 152 valence electrons. The molecule has 0 aliphatic heterocycles. The molecule has 0 bridgehead atoms. The second-order valence-corrected chi connectivity index (χ2v) is 8.24. The van der Waals surface area contributed by atoms with Crippen LogP contribution in [-0.4, -0.2) is 32.1 Å². The molecular formula is C21H19N5O2S2. The molecule has 0 aliphatic carbocycles. The summed E-state index contributed by atoms with van der Waals surface area (Å²) < 4.78 is 1.84. The summed E-state index contributed by atoms with van der Waals surface area (Å²) in [5.41, 5.74) is 2.68. The Bertz CT molecular complexity index is 1140. The van der Waals surface area contributed by atoms with Gasteiger partial charge in [-0.3, -0.25) is 9.59 Å². The third-order valence-corrected chi connectivity index (χ3v) is 5.93. The highest BCUT2D eigenvalue weighted by molar-refractivity contribution is 7.99. The summed E-state index contributed by atoms with van der Waals surface area (Å²) in [7, 11) is 0. The maximum absolute atomic E-state index is 12.6. The first-order chi connectivity index (χ1) is 14.7. The Balaban J connectivity index is 1.44. The van der Waals surface area contributed by atoms with Gasteiger partial charge in [-0.15, -0.1) is 11.3 Å². The zero-order valence-corrected chi connectivity index (χ0v) is 17.6. The van der Waals surface area contributed by atoms with Crippen molar-refractivity contribution in [3.05, 3.63) is 71.7 Å². The number of aromatic nitrogens is 3. The largest absolute Gasteiger partial charge is 0.350 e. The van der Waals surface area contributed by atoms with E-state index in [9.17, 15) is 9.59 Å². The van der Waals surface area contributed by atoms with E-state index < -0.39 is 0 Å². The van der Waals surface area contributed by atoms with Crippen molar-refractivity contribution in [3.63, 3.8) is 0 Å². The zero-order chi connectivity index (χ0) is 20.8. The molecule has 9 heteroatoms. The lowest BCUT2D eigenvalue weighted by atomic mass is 10.2. The van der Waals surface area contributed by atoms with E-state index in [-0.39, 0.29) is 24.1 Å². The molecule has 2 amide bonds. The maximum atomic E-state index is 12.6. The SMILES string of the molecule is O=C(Cn1c(SCC(=O)Nc2nccs2)nc2ccccc21)NCc1ccccc1. The highest BCUT2D eigenvalue weighted by Gasteiger charge is 2.16. The molecule has 0 radical (unpaired) electrons. The lowest BCUT2D eigenvalue weighted by molar-refractivity contribution is -0.121. The molecule has 0 aliphatic rings. The van der Waals surface area contributed by atoms with Crippen LogP contribution in [0.3, 0.4) is 0 Å². The third kappa shape index (κ3) is 5.05. The van der Waals surface area contributed by atoms with Gasteiger partial charge in [-0.2, -0.15) is 0 Å². The molecule has 0 saturated carbocycles. The zero-order valence-electron chi connectivity index (χ0n) is 15.9. The summed E-state index contributed by atoms with van der Waals surface area (Å²) >= 11 is 2.66. The number of carbonyl (C=O) groups excluding carboxylic acids is 2. The van der Waals surface area contributed by atoms with Gasteiger partial charge in [0.25, 0.3) is 0 Å². The standard InChI is InChI=1S/C21H19N5O2S2/c27-18(23-12-15-6-2-1-3-7-15)13-26-17-9-5-4-8-16(17)24-21(26)30-14-19(28)25-20-22-10-11-29-20/h1-11H,12-14H2,(H,23,27)(H,22,25,28). The lowest BCUT2D eigenvalue weighted by Crippen LogP contribution is -2.27. The molecule has 0 saturated heterocycles. The Morgan fingerprint density at radius 1 is 1.03 bits per heavy atom. The third-order valence-electron chi connectivity index (χ3n) is 4.26. The van der Waals surface area contributed by atoms with Gasteiger partial charge >= 0.3 is 0 Å². The molecule has 2 aromatic heterocycles. The highest BCUT2D eigenvalue weighted by Crippen LogP contribution is 2.24. The molecule has 0 unspecified atom stereocenters. The predicted octanol–water partition coefficient (Wildman–Crippen LogP) is 3.54. The Kier molecular flexibility index (Phi) is 6.41. The smallest absolute Gasteiger partial charge is 0.240 e. The van der Waals surface area contributed by atoms with Crippen LogP contribution in [0.25, 0.3) is 11.0 Å². The first-order valence-corrected chi connectivity index (χ1v) is 11.1. The molecule has 2 N–H and O–H groups in total. The lowest BCUT2D eigenvalue weighted by Gasteiger charge is -2.10. The molecule has 7 nitrogen and oxygen atoms in total. The first-order valence-electron chi connectivity index (χ1n) is 9.27. The molecule has 0 atom stereocenters. The Labute approximate surface area is 181 Å². The number of rotatable bonds is 8. The fraction of sp³-hybridized carbons (Fsp3) is 0.143. The van der Waals surface area contributed by atoms with Crippen molar-refractivity contribution in [1.82, 2.24) is 19.9 Å². The normalized spacial score (nSPS) is 10.8. The number of imidazole rings is 1. The van der Waals surface area contributed by atoms with E-state index >= 15 is 0 Å². The number of fused-ring (bicyclic) bond motifs is 1.